The van der Waals surface area contributed by atoms with Crippen molar-refractivity contribution in [3.05, 3.63) is 33.4 Å². The Bertz CT molecular complexity index is 360. The Morgan fingerprint density at radius 1 is 1.10 bits per heavy atom. The van der Waals surface area contributed by atoms with Crippen molar-refractivity contribution in [3.8, 4) is 0 Å². The van der Waals surface area contributed by atoms with Gasteiger partial charge in [-0.25, -0.2) is 0 Å². The monoisotopic (exact) mass is 388 g/mol. The van der Waals surface area contributed by atoms with E-state index in [-0.39, 0.29) is 0 Å². The van der Waals surface area contributed by atoms with E-state index >= 15 is 0 Å². The van der Waals surface area contributed by atoms with Crippen molar-refractivity contribution < 1.29 is 0 Å². The fraction of sp³-hybridized carbons (Fsp3) is 0.647. The summed E-state index contributed by atoms with van der Waals surface area (Å²) in [5, 5.41) is 3.70. The molecule has 0 aliphatic rings. The van der Waals surface area contributed by atoms with Crippen LogP contribution in [0.2, 0.25) is 0 Å². The summed E-state index contributed by atoms with van der Waals surface area (Å²) < 4.78 is 1.30. The Hall–Kier alpha value is -0.130. The van der Waals surface area contributed by atoms with Crippen LogP contribution in [0, 0.1) is 3.57 Å². The molecule has 2 nitrogen and oxygen atoms in total. The third-order valence-corrected chi connectivity index (χ3v) is 4.63. The predicted molar refractivity (Wildman–Crippen MR) is 97.2 cm³/mol. The van der Waals surface area contributed by atoms with Gasteiger partial charge in [0.05, 0.1) is 0 Å². The Morgan fingerprint density at radius 2 is 1.70 bits per heavy atom. The fourth-order valence-corrected chi connectivity index (χ4v) is 2.88. The Morgan fingerprint density at radius 3 is 2.25 bits per heavy atom. The lowest BCUT2D eigenvalue weighted by Gasteiger charge is -2.22. The van der Waals surface area contributed by atoms with E-state index < -0.39 is 0 Å². The second kappa shape index (κ2) is 9.74. The molecule has 0 radical (unpaired) electrons. The molecular formula is C17H29IN2. The van der Waals surface area contributed by atoms with Crippen molar-refractivity contribution in [2.75, 3.05) is 19.6 Å². The van der Waals surface area contributed by atoms with Crippen molar-refractivity contribution in [1.29, 1.82) is 0 Å². The van der Waals surface area contributed by atoms with Crippen molar-refractivity contribution in [2.45, 2.75) is 52.6 Å². The smallest absolute Gasteiger partial charge is 0.0294 e. The van der Waals surface area contributed by atoms with Crippen LogP contribution in [0.15, 0.2) is 24.3 Å². The summed E-state index contributed by atoms with van der Waals surface area (Å²) >= 11 is 2.35. The lowest BCUT2D eigenvalue weighted by atomic mass is 10.1. The van der Waals surface area contributed by atoms with E-state index in [2.05, 4.69) is 84.8 Å². The lowest BCUT2D eigenvalue weighted by Crippen LogP contribution is -2.30. The summed E-state index contributed by atoms with van der Waals surface area (Å²) in [4.78, 5) is 2.50. The van der Waals surface area contributed by atoms with Gasteiger partial charge in [-0.2, -0.15) is 0 Å². The molecule has 2 atom stereocenters. The molecule has 0 aliphatic heterocycles. The van der Waals surface area contributed by atoms with Crippen molar-refractivity contribution in [2.24, 2.45) is 0 Å². The SMILES string of the molecule is CCN(CC)CCCC(C)NC(C)c1ccc(I)cc1. The van der Waals surface area contributed by atoms with Crippen LogP contribution in [0.3, 0.4) is 0 Å². The van der Waals surface area contributed by atoms with Gasteiger partial charge in [-0.15, -0.1) is 0 Å². The quantitative estimate of drug-likeness (QED) is 0.629. The van der Waals surface area contributed by atoms with Crippen LogP contribution < -0.4 is 5.32 Å². The maximum absolute atomic E-state index is 3.70. The first kappa shape index (κ1) is 17.9. The molecule has 0 saturated carbocycles. The molecule has 20 heavy (non-hydrogen) atoms. The Balaban J connectivity index is 2.31. The van der Waals surface area contributed by atoms with Gasteiger partial charge in [-0.1, -0.05) is 26.0 Å². The van der Waals surface area contributed by atoms with E-state index in [1.807, 2.05) is 0 Å². The Kier molecular flexibility index (Phi) is 8.73. The average Bonchev–Trinajstić information content (AvgIpc) is 2.44. The summed E-state index contributed by atoms with van der Waals surface area (Å²) in [5.41, 5.74) is 1.38. The minimum Gasteiger partial charge on any atom is -0.308 e. The van der Waals surface area contributed by atoms with Crippen LogP contribution in [0.1, 0.15) is 52.1 Å². The zero-order chi connectivity index (χ0) is 15.0. The highest BCUT2D eigenvalue weighted by molar-refractivity contribution is 14.1. The van der Waals surface area contributed by atoms with E-state index in [0.717, 1.165) is 13.1 Å². The molecule has 1 rings (SSSR count). The summed E-state index contributed by atoms with van der Waals surface area (Å²) in [6, 6.07) is 9.80. The zero-order valence-electron chi connectivity index (χ0n) is 13.3. The van der Waals surface area contributed by atoms with Crippen LogP contribution in [-0.4, -0.2) is 30.6 Å². The van der Waals surface area contributed by atoms with E-state index in [1.165, 1.54) is 28.5 Å². The first-order chi connectivity index (χ1) is 9.56. The highest BCUT2D eigenvalue weighted by Gasteiger charge is 2.09. The van der Waals surface area contributed by atoms with Gasteiger partial charge < -0.3 is 10.2 Å². The molecule has 0 bridgehead atoms. The largest absolute Gasteiger partial charge is 0.308 e. The topological polar surface area (TPSA) is 15.3 Å². The van der Waals surface area contributed by atoms with Crippen LogP contribution in [0.4, 0.5) is 0 Å². The average molecular weight is 388 g/mol. The van der Waals surface area contributed by atoms with Crippen LogP contribution in [-0.2, 0) is 0 Å². The molecule has 114 valence electrons. The molecule has 0 heterocycles. The lowest BCUT2D eigenvalue weighted by molar-refractivity contribution is 0.288. The molecule has 0 aliphatic carbocycles. The van der Waals surface area contributed by atoms with E-state index in [9.17, 15) is 0 Å². The maximum Gasteiger partial charge on any atom is 0.0294 e. The van der Waals surface area contributed by atoms with Gasteiger partial charge >= 0.3 is 0 Å². The molecular weight excluding hydrogens is 359 g/mol. The molecule has 0 fully saturated rings. The van der Waals surface area contributed by atoms with Gasteiger partial charge in [0, 0.05) is 15.7 Å². The van der Waals surface area contributed by atoms with E-state index in [0.29, 0.717) is 12.1 Å². The van der Waals surface area contributed by atoms with Crippen LogP contribution >= 0.6 is 22.6 Å². The number of halogens is 1. The summed E-state index contributed by atoms with van der Waals surface area (Å²) in [6.45, 7) is 12.6. The number of benzene rings is 1. The zero-order valence-corrected chi connectivity index (χ0v) is 15.5. The highest BCUT2D eigenvalue weighted by atomic mass is 127. The highest BCUT2D eigenvalue weighted by Crippen LogP contribution is 2.15. The summed E-state index contributed by atoms with van der Waals surface area (Å²) in [7, 11) is 0. The van der Waals surface area contributed by atoms with Crippen LogP contribution in [0.25, 0.3) is 0 Å². The van der Waals surface area contributed by atoms with Gasteiger partial charge in [-0.05, 0) is 86.6 Å². The second-order valence-corrected chi connectivity index (χ2v) is 6.76. The molecule has 2 unspecified atom stereocenters. The molecule has 1 aromatic rings. The van der Waals surface area contributed by atoms with Crippen molar-refractivity contribution in [1.82, 2.24) is 10.2 Å². The van der Waals surface area contributed by atoms with Gasteiger partial charge in [0.1, 0.15) is 0 Å². The molecule has 0 aromatic heterocycles. The summed E-state index contributed by atoms with van der Waals surface area (Å²) in [5.74, 6) is 0. The third kappa shape index (κ3) is 6.55. The van der Waals surface area contributed by atoms with Crippen LogP contribution in [0.5, 0.6) is 0 Å². The number of hydrogen-bond donors (Lipinski definition) is 1. The van der Waals surface area contributed by atoms with Gasteiger partial charge in [0.25, 0.3) is 0 Å². The molecule has 1 aromatic carbocycles. The first-order valence-corrected chi connectivity index (χ1v) is 8.88. The minimum absolute atomic E-state index is 0.426. The summed E-state index contributed by atoms with van der Waals surface area (Å²) in [6.07, 6.45) is 2.51. The van der Waals surface area contributed by atoms with E-state index in [4.69, 9.17) is 0 Å². The number of nitrogens with one attached hydrogen (secondary N) is 1. The number of rotatable bonds is 9. The third-order valence-electron chi connectivity index (χ3n) is 3.91. The van der Waals surface area contributed by atoms with Crippen molar-refractivity contribution >= 4 is 22.6 Å². The standard InChI is InChI=1S/C17H29IN2/c1-5-20(6-2)13-7-8-14(3)19-15(4)16-9-11-17(18)12-10-16/h9-12,14-15,19H,5-8,13H2,1-4H3. The molecule has 1 N–H and O–H groups in total. The maximum atomic E-state index is 3.70. The molecule has 0 amide bonds. The Labute approximate surface area is 138 Å². The van der Waals surface area contributed by atoms with Gasteiger partial charge in [0.15, 0.2) is 0 Å². The first-order valence-electron chi connectivity index (χ1n) is 7.80. The van der Waals surface area contributed by atoms with Gasteiger partial charge in [0.2, 0.25) is 0 Å². The minimum atomic E-state index is 0.426. The molecule has 0 saturated heterocycles. The van der Waals surface area contributed by atoms with E-state index in [1.54, 1.807) is 0 Å². The number of hydrogen-bond acceptors (Lipinski definition) is 2. The second-order valence-electron chi connectivity index (χ2n) is 5.51. The predicted octanol–water partition coefficient (Wildman–Crippen LogP) is 4.45. The molecule has 0 spiro atoms. The van der Waals surface area contributed by atoms with Crippen molar-refractivity contribution in [3.63, 3.8) is 0 Å². The normalized spacial score (nSPS) is 14.5. The van der Waals surface area contributed by atoms with Gasteiger partial charge in [-0.3, -0.25) is 0 Å². The molecule has 3 heteroatoms. The fourth-order valence-electron chi connectivity index (χ4n) is 2.52. The number of nitrogens with zero attached hydrogens (tertiary/aromatic N) is 1.